The van der Waals surface area contributed by atoms with Crippen LogP contribution in [-0.4, -0.2) is 18.3 Å². The summed E-state index contributed by atoms with van der Waals surface area (Å²) < 4.78 is 22.4. The van der Waals surface area contributed by atoms with E-state index in [0.29, 0.717) is 5.69 Å². The van der Waals surface area contributed by atoms with Crippen LogP contribution in [0.4, 0.5) is 0 Å². The minimum atomic E-state index is -2.20. The number of hydrogen-bond donors (Lipinski definition) is 0. The summed E-state index contributed by atoms with van der Waals surface area (Å²) >= 11 is -2.20. The normalized spacial score (nSPS) is 13.5. The zero-order valence-corrected chi connectivity index (χ0v) is 6.51. The van der Waals surface area contributed by atoms with Crippen LogP contribution in [0.25, 0.3) is 0 Å². The molecule has 0 amide bonds. The number of imidazole rings is 1. The number of aryl methyl sites for hydroxylation is 1. The van der Waals surface area contributed by atoms with E-state index in [2.05, 4.69) is 4.98 Å². The van der Waals surface area contributed by atoms with Crippen molar-refractivity contribution in [3.63, 3.8) is 0 Å². The lowest BCUT2D eigenvalue weighted by molar-refractivity contribution is 0.533. The molecule has 56 valence electrons. The van der Waals surface area contributed by atoms with E-state index >= 15 is 0 Å². The van der Waals surface area contributed by atoms with Crippen molar-refractivity contribution in [1.82, 2.24) is 9.55 Å². The molecule has 10 heavy (non-hydrogen) atoms. The molecule has 0 aliphatic rings. The quantitative estimate of drug-likeness (QED) is 0.540. The number of nitrogens with zero attached hydrogens (tertiary/aromatic N) is 2. The first-order valence-electron chi connectivity index (χ1n) is 2.70. The summed E-state index contributed by atoms with van der Waals surface area (Å²) in [6, 6.07) is 0. The first kappa shape index (κ1) is 7.43. The van der Waals surface area contributed by atoms with Gasteiger partial charge in [0.1, 0.15) is 5.03 Å². The third-order valence-electron chi connectivity index (χ3n) is 1.34. The summed E-state index contributed by atoms with van der Waals surface area (Å²) in [5.41, 5.74) is 0.660. The van der Waals surface area contributed by atoms with E-state index in [1.807, 2.05) is 0 Å². The van der Waals surface area contributed by atoms with Crippen molar-refractivity contribution < 1.29 is 8.76 Å². The second kappa shape index (κ2) is 2.51. The predicted molar refractivity (Wildman–Crippen MR) is 35.1 cm³/mol. The van der Waals surface area contributed by atoms with Crippen LogP contribution < -0.4 is 0 Å². The van der Waals surface area contributed by atoms with Gasteiger partial charge >= 0.3 is 0 Å². The van der Waals surface area contributed by atoms with Crippen molar-refractivity contribution in [2.45, 2.75) is 11.9 Å². The molecule has 0 fully saturated rings. The summed E-state index contributed by atoms with van der Waals surface area (Å²) in [6.07, 6.45) is 1.47. The minimum Gasteiger partial charge on any atom is -0.767 e. The molecule has 0 saturated heterocycles. The SMILES string of the molecule is Cc1c(S(=O)[O-])ncn1C. The van der Waals surface area contributed by atoms with Gasteiger partial charge in [-0.15, -0.1) is 0 Å². The van der Waals surface area contributed by atoms with Gasteiger partial charge in [-0.1, -0.05) is 0 Å². The van der Waals surface area contributed by atoms with Crippen LogP contribution in [0, 0.1) is 6.92 Å². The van der Waals surface area contributed by atoms with Crippen LogP contribution in [0.2, 0.25) is 0 Å². The van der Waals surface area contributed by atoms with Gasteiger partial charge in [-0.2, -0.15) is 0 Å². The van der Waals surface area contributed by atoms with E-state index < -0.39 is 11.1 Å². The Hall–Kier alpha value is -0.680. The van der Waals surface area contributed by atoms with Crippen molar-refractivity contribution in [3.05, 3.63) is 12.0 Å². The van der Waals surface area contributed by atoms with Crippen LogP contribution in [-0.2, 0) is 18.1 Å². The van der Waals surface area contributed by atoms with Gasteiger partial charge in [-0.3, -0.25) is 4.21 Å². The molecular formula is C5H7N2O2S-. The monoisotopic (exact) mass is 159 g/mol. The molecule has 0 aromatic carbocycles. The van der Waals surface area contributed by atoms with Crippen molar-refractivity contribution in [2.75, 3.05) is 0 Å². The Balaban J connectivity index is 3.17. The summed E-state index contributed by atoms with van der Waals surface area (Å²) in [6.45, 7) is 1.71. The van der Waals surface area contributed by atoms with Crippen molar-refractivity contribution in [3.8, 4) is 0 Å². The first-order chi connectivity index (χ1) is 4.63. The third kappa shape index (κ3) is 1.10. The van der Waals surface area contributed by atoms with E-state index in [1.54, 1.807) is 18.5 Å². The Morgan fingerprint density at radius 1 is 1.80 bits per heavy atom. The summed E-state index contributed by atoms with van der Waals surface area (Å²) in [4.78, 5) is 3.67. The first-order valence-corrected chi connectivity index (χ1v) is 3.77. The largest absolute Gasteiger partial charge is 0.767 e. The highest BCUT2D eigenvalue weighted by atomic mass is 32.2. The Morgan fingerprint density at radius 2 is 2.40 bits per heavy atom. The molecule has 0 spiro atoms. The van der Waals surface area contributed by atoms with Gasteiger partial charge in [0.05, 0.1) is 6.33 Å². The molecule has 0 aliphatic heterocycles. The Bertz CT molecular complexity index is 269. The highest BCUT2D eigenvalue weighted by molar-refractivity contribution is 7.79. The van der Waals surface area contributed by atoms with Crippen LogP contribution in [0.15, 0.2) is 11.4 Å². The lowest BCUT2D eigenvalue weighted by Crippen LogP contribution is -1.94. The molecule has 0 radical (unpaired) electrons. The molecule has 0 saturated carbocycles. The average molecular weight is 159 g/mol. The third-order valence-corrected chi connectivity index (χ3v) is 2.06. The van der Waals surface area contributed by atoms with Gasteiger partial charge in [0.2, 0.25) is 0 Å². The van der Waals surface area contributed by atoms with Crippen molar-refractivity contribution in [2.24, 2.45) is 7.05 Å². The smallest absolute Gasteiger partial charge is 0.134 e. The molecule has 1 aromatic heterocycles. The maximum absolute atomic E-state index is 10.4. The molecule has 1 aromatic rings. The fourth-order valence-electron chi connectivity index (χ4n) is 0.634. The zero-order valence-electron chi connectivity index (χ0n) is 5.70. The Labute approximate surface area is 61.2 Å². The second-order valence-corrected chi connectivity index (χ2v) is 2.84. The fourth-order valence-corrected chi connectivity index (χ4v) is 1.15. The number of rotatable bonds is 1. The summed E-state index contributed by atoms with van der Waals surface area (Å²) in [5.74, 6) is 0. The van der Waals surface area contributed by atoms with Crippen LogP contribution in [0.5, 0.6) is 0 Å². The molecule has 1 unspecified atom stereocenters. The molecule has 4 nitrogen and oxygen atoms in total. The molecule has 0 aliphatic carbocycles. The maximum Gasteiger partial charge on any atom is 0.134 e. The molecule has 1 atom stereocenters. The summed E-state index contributed by atoms with van der Waals surface area (Å²) in [7, 11) is 1.75. The number of hydrogen-bond acceptors (Lipinski definition) is 3. The van der Waals surface area contributed by atoms with E-state index in [-0.39, 0.29) is 5.03 Å². The van der Waals surface area contributed by atoms with Crippen LogP contribution in [0.3, 0.4) is 0 Å². The van der Waals surface area contributed by atoms with Gasteiger partial charge < -0.3 is 9.12 Å². The number of aromatic nitrogens is 2. The topological polar surface area (TPSA) is 57.9 Å². The molecular weight excluding hydrogens is 152 g/mol. The van der Waals surface area contributed by atoms with Gasteiger partial charge in [0.15, 0.2) is 0 Å². The molecule has 1 rings (SSSR count). The Kier molecular flexibility index (Phi) is 1.87. The van der Waals surface area contributed by atoms with Gasteiger partial charge in [-0.25, -0.2) is 4.98 Å². The van der Waals surface area contributed by atoms with E-state index in [1.165, 1.54) is 6.33 Å². The molecule has 1 heterocycles. The maximum atomic E-state index is 10.4. The highest BCUT2D eigenvalue weighted by Crippen LogP contribution is 2.06. The fraction of sp³-hybridized carbons (Fsp3) is 0.400. The zero-order chi connectivity index (χ0) is 7.72. The predicted octanol–water partition coefficient (Wildman–Crippen LogP) is -0.0335. The molecule has 5 heteroatoms. The van der Waals surface area contributed by atoms with Gasteiger partial charge in [0.25, 0.3) is 0 Å². The molecule has 0 N–H and O–H groups in total. The minimum absolute atomic E-state index is 0.127. The highest BCUT2D eigenvalue weighted by Gasteiger charge is 2.02. The van der Waals surface area contributed by atoms with Crippen LogP contribution >= 0.6 is 0 Å². The van der Waals surface area contributed by atoms with Gasteiger partial charge in [-0.05, 0) is 18.0 Å². The lowest BCUT2D eigenvalue weighted by Gasteiger charge is -2.01. The van der Waals surface area contributed by atoms with Gasteiger partial charge in [0, 0.05) is 12.7 Å². The second-order valence-electron chi connectivity index (χ2n) is 1.98. The van der Waals surface area contributed by atoms with Crippen molar-refractivity contribution >= 4 is 11.1 Å². The van der Waals surface area contributed by atoms with E-state index in [4.69, 9.17) is 0 Å². The van der Waals surface area contributed by atoms with Crippen molar-refractivity contribution in [1.29, 1.82) is 0 Å². The molecule has 0 bridgehead atoms. The van der Waals surface area contributed by atoms with E-state index in [9.17, 15) is 8.76 Å². The average Bonchev–Trinajstić information content (AvgIpc) is 2.14. The lowest BCUT2D eigenvalue weighted by atomic mass is 10.5. The van der Waals surface area contributed by atoms with Crippen LogP contribution in [0.1, 0.15) is 5.69 Å². The van der Waals surface area contributed by atoms with E-state index in [0.717, 1.165) is 0 Å². The standard InChI is InChI=1S/C5H8N2O2S/c1-4-5(10(8)9)6-3-7(4)2/h3H,1-2H3,(H,8,9)/p-1. The Morgan fingerprint density at radius 3 is 2.60 bits per heavy atom. The summed E-state index contributed by atoms with van der Waals surface area (Å²) in [5, 5.41) is 0.127.